The van der Waals surface area contributed by atoms with Crippen LogP contribution in [0.15, 0.2) is 30.8 Å². The van der Waals surface area contributed by atoms with Crippen LogP contribution in [0.4, 0.5) is 0 Å². The summed E-state index contributed by atoms with van der Waals surface area (Å²) in [6.07, 6.45) is 0. The average Bonchev–Trinajstić information content (AvgIpc) is 2.48. The SMILES string of the molecule is C=C(Oc1cc(C(=O)O)cc(O)c1C)c1cc(O)c(O)c(O)c1. The number of aromatic hydroxyl groups is 4. The fraction of sp³-hybridized carbons (Fsp3) is 0.0625. The maximum atomic E-state index is 11.0. The highest BCUT2D eigenvalue weighted by Crippen LogP contribution is 2.38. The fourth-order valence-corrected chi connectivity index (χ4v) is 1.86. The van der Waals surface area contributed by atoms with Crippen molar-refractivity contribution in [2.45, 2.75) is 6.92 Å². The standard InChI is InChI=1S/C16H14O7/c1-7-11(17)5-10(16(21)22)6-14(7)23-8(2)9-3-12(18)15(20)13(19)4-9/h3-6,17-20H,2H2,1H3,(H,21,22). The van der Waals surface area contributed by atoms with Crippen molar-refractivity contribution >= 4 is 11.7 Å². The zero-order chi connectivity index (χ0) is 17.3. The average molecular weight is 318 g/mol. The molecule has 0 bridgehead atoms. The third-order valence-corrected chi connectivity index (χ3v) is 3.20. The van der Waals surface area contributed by atoms with E-state index in [0.717, 1.165) is 18.2 Å². The van der Waals surface area contributed by atoms with Gasteiger partial charge in [0, 0.05) is 11.1 Å². The van der Waals surface area contributed by atoms with Crippen LogP contribution in [0.5, 0.6) is 28.7 Å². The van der Waals surface area contributed by atoms with E-state index in [0.29, 0.717) is 5.56 Å². The van der Waals surface area contributed by atoms with E-state index in [2.05, 4.69) is 6.58 Å². The zero-order valence-corrected chi connectivity index (χ0v) is 12.1. The van der Waals surface area contributed by atoms with E-state index in [1.54, 1.807) is 0 Å². The molecule has 2 aromatic carbocycles. The van der Waals surface area contributed by atoms with Gasteiger partial charge in [-0.2, -0.15) is 0 Å². The van der Waals surface area contributed by atoms with E-state index >= 15 is 0 Å². The first-order chi connectivity index (χ1) is 10.7. The van der Waals surface area contributed by atoms with Gasteiger partial charge < -0.3 is 30.3 Å². The Kier molecular flexibility index (Phi) is 4.04. The molecule has 0 atom stereocenters. The number of carbonyl (C=O) groups is 1. The van der Waals surface area contributed by atoms with Gasteiger partial charge in [0.2, 0.25) is 0 Å². The topological polar surface area (TPSA) is 127 Å². The number of aromatic carboxylic acids is 1. The Bertz CT molecular complexity index is 785. The summed E-state index contributed by atoms with van der Waals surface area (Å²) in [6.45, 7) is 5.15. The van der Waals surface area contributed by atoms with Crippen LogP contribution in [0.25, 0.3) is 5.76 Å². The van der Waals surface area contributed by atoms with E-state index < -0.39 is 23.2 Å². The van der Waals surface area contributed by atoms with Gasteiger partial charge in [-0.1, -0.05) is 6.58 Å². The second kappa shape index (κ2) is 5.80. The second-order valence-corrected chi connectivity index (χ2v) is 4.81. The second-order valence-electron chi connectivity index (χ2n) is 4.81. The fourth-order valence-electron chi connectivity index (χ4n) is 1.86. The molecule has 0 aliphatic heterocycles. The van der Waals surface area contributed by atoms with Crippen LogP contribution in [0, 0.1) is 6.92 Å². The lowest BCUT2D eigenvalue weighted by atomic mass is 10.1. The Morgan fingerprint density at radius 1 is 0.957 bits per heavy atom. The minimum absolute atomic E-state index is 0.0272. The maximum absolute atomic E-state index is 11.0. The summed E-state index contributed by atoms with van der Waals surface area (Å²) in [7, 11) is 0. The van der Waals surface area contributed by atoms with Crippen LogP contribution in [-0.2, 0) is 0 Å². The largest absolute Gasteiger partial charge is 0.508 e. The van der Waals surface area contributed by atoms with Crippen molar-refractivity contribution in [2.75, 3.05) is 0 Å². The molecule has 120 valence electrons. The summed E-state index contributed by atoms with van der Waals surface area (Å²) in [5.74, 6) is -3.28. The van der Waals surface area contributed by atoms with Crippen LogP contribution in [0.2, 0.25) is 0 Å². The monoisotopic (exact) mass is 318 g/mol. The Labute approximate surface area is 131 Å². The van der Waals surface area contributed by atoms with Gasteiger partial charge in [-0.25, -0.2) is 4.79 Å². The highest BCUT2D eigenvalue weighted by Gasteiger charge is 2.15. The Morgan fingerprint density at radius 2 is 1.48 bits per heavy atom. The van der Waals surface area contributed by atoms with Crippen molar-refractivity contribution in [3.63, 3.8) is 0 Å². The lowest BCUT2D eigenvalue weighted by molar-refractivity contribution is 0.0696. The molecule has 0 amide bonds. The van der Waals surface area contributed by atoms with Crippen molar-refractivity contribution in [2.24, 2.45) is 0 Å². The summed E-state index contributed by atoms with van der Waals surface area (Å²) in [6, 6.07) is 4.54. The van der Waals surface area contributed by atoms with Crippen molar-refractivity contribution < 1.29 is 35.1 Å². The van der Waals surface area contributed by atoms with Gasteiger partial charge in [-0.15, -0.1) is 0 Å². The number of ether oxygens (including phenoxy) is 1. The highest BCUT2D eigenvalue weighted by atomic mass is 16.5. The van der Waals surface area contributed by atoms with Gasteiger partial charge in [-0.05, 0) is 31.2 Å². The quantitative estimate of drug-likeness (QED) is 0.433. The molecule has 7 nitrogen and oxygen atoms in total. The number of phenols is 4. The van der Waals surface area contributed by atoms with Crippen LogP contribution in [-0.4, -0.2) is 31.5 Å². The number of carboxylic acid groups (broad SMARTS) is 1. The highest BCUT2D eigenvalue weighted by molar-refractivity contribution is 5.89. The maximum Gasteiger partial charge on any atom is 0.335 e. The van der Waals surface area contributed by atoms with Crippen LogP contribution >= 0.6 is 0 Å². The normalized spacial score (nSPS) is 10.3. The predicted molar refractivity (Wildman–Crippen MR) is 80.9 cm³/mol. The first-order valence-corrected chi connectivity index (χ1v) is 6.39. The van der Waals surface area contributed by atoms with Gasteiger partial charge in [0.25, 0.3) is 0 Å². The van der Waals surface area contributed by atoms with Crippen LogP contribution in [0.1, 0.15) is 21.5 Å². The molecular weight excluding hydrogens is 304 g/mol. The molecule has 0 heterocycles. The number of hydrogen-bond acceptors (Lipinski definition) is 6. The summed E-state index contributed by atoms with van der Waals surface area (Å²) in [5, 5.41) is 47.0. The summed E-state index contributed by atoms with van der Waals surface area (Å²) < 4.78 is 5.43. The Morgan fingerprint density at radius 3 is 2.00 bits per heavy atom. The molecule has 2 rings (SSSR count). The Balaban J connectivity index is 2.39. The van der Waals surface area contributed by atoms with E-state index in [1.165, 1.54) is 13.0 Å². The Hall–Kier alpha value is -3.35. The molecule has 0 spiro atoms. The molecule has 0 unspecified atom stereocenters. The lowest BCUT2D eigenvalue weighted by Gasteiger charge is -2.14. The van der Waals surface area contributed by atoms with E-state index in [-0.39, 0.29) is 28.4 Å². The van der Waals surface area contributed by atoms with Crippen LogP contribution in [0.3, 0.4) is 0 Å². The first-order valence-electron chi connectivity index (χ1n) is 6.39. The molecule has 0 radical (unpaired) electrons. The lowest BCUT2D eigenvalue weighted by Crippen LogP contribution is -2.00. The molecule has 2 aromatic rings. The van der Waals surface area contributed by atoms with Crippen LogP contribution < -0.4 is 4.74 Å². The van der Waals surface area contributed by atoms with Gasteiger partial charge in [-0.3, -0.25) is 0 Å². The third-order valence-electron chi connectivity index (χ3n) is 3.20. The van der Waals surface area contributed by atoms with Gasteiger partial charge in [0.15, 0.2) is 17.2 Å². The summed E-state index contributed by atoms with van der Waals surface area (Å²) >= 11 is 0. The minimum Gasteiger partial charge on any atom is -0.508 e. The molecular formula is C16H14O7. The molecule has 0 saturated heterocycles. The number of rotatable bonds is 4. The number of phenolic OH excluding ortho intramolecular Hbond substituents is 4. The molecule has 0 fully saturated rings. The van der Waals surface area contributed by atoms with Gasteiger partial charge in [0.05, 0.1) is 5.56 Å². The number of carboxylic acids is 1. The van der Waals surface area contributed by atoms with Gasteiger partial charge in [0.1, 0.15) is 17.3 Å². The van der Waals surface area contributed by atoms with E-state index in [9.17, 15) is 25.2 Å². The molecule has 0 aliphatic rings. The number of hydrogen-bond donors (Lipinski definition) is 5. The van der Waals surface area contributed by atoms with Crippen molar-refractivity contribution in [1.29, 1.82) is 0 Å². The minimum atomic E-state index is -1.24. The molecule has 0 aromatic heterocycles. The summed E-state index contributed by atoms with van der Waals surface area (Å²) in [4.78, 5) is 11.0. The van der Waals surface area contributed by atoms with Crippen molar-refractivity contribution in [1.82, 2.24) is 0 Å². The number of benzene rings is 2. The molecule has 7 heteroatoms. The predicted octanol–water partition coefficient (Wildman–Crippen LogP) is 2.57. The van der Waals surface area contributed by atoms with E-state index in [1.807, 2.05) is 0 Å². The van der Waals surface area contributed by atoms with Crippen molar-refractivity contribution in [3.8, 4) is 28.7 Å². The van der Waals surface area contributed by atoms with E-state index in [4.69, 9.17) is 9.84 Å². The third kappa shape index (κ3) is 3.13. The molecule has 23 heavy (non-hydrogen) atoms. The first kappa shape index (κ1) is 16.0. The van der Waals surface area contributed by atoms with Gasteiger partial charge >= 0.3 is 5.97 Å². The van der Waals surface area contributed by atoms with Crippen molar-refractivity contribution in [3.05, 3.63) is 47.5 Å². The molecule has 5 N–H and O–H groups in total. The molecule has 0 aliphatic carbocycles. The summed E-state index contributed by atoms with van der Waals surface area (Å²) in [5.41, 5.74) is 0.285. The smallest absolute Gasteiger partial charge is 0.335 e. The molecule has 0 saturated carbocycles. The zero-order valence-electron chi connectivity index (χ0n) is 12.1.